The van der Waals surface area contributed by atoms with Gasteiger partial charge in [-0.2, -0.15) is 4.98 Å². The average Bonchev–Trinajstić information content (AvgIpc) is 2.95. The number of aromatic nitrogens is 2. The van der Waals surface area contributed by atoms with E-state index in [-0.39, 0.29) is 12.4 Å². The first-order chi connectivity index (χ1) is 8.24. The van der Waals surface area contributed by atoms with Crippen LogP contribution in [0.2, 0.25) is 0 Å². The molecule has 0 aliphatic heterocycles. The number of rotatable bonds is 5. The number of likely N-dealkylation sites (N-methyl/N-ethyl adjacent to an activating group) is 1. The molecule has 1 unspecified atom stereocenters. The molecule has 1 N–H and O–H groups in total. The van der Waals surface area contributed by atoms with E-state index in [0.717, 1.165) is 17.0 Å². The van der Waals surface area contributed by atoms with Crippen molar-refractivity contribution in [2.75, 3.05) is 14.2 Å². The first-order valence-corrected chi connectivity index (χ1v) is 6.24. The Morgan fingerprint density at radius 3 is 3.00 bits per heavy atom. The monoisotopic (exact) mass is 289 g/mol. The summed E-state index contributed by atoms with van der Waals surface area (Å²) in [5.41, 5.74) is 0. The van der Waals surface area contributed by atoms with Gasteiger partial charge in [0.15, 0.2) is 5.82 Å². The first-order valence-electron chi connectivity index (χ1n) is 5.36. The number of methoxy groups -OCH3 is 1. The van der Waals surface area contributed by atoms with Gasteiger partial charge in [0.05, 0.1) is 7.11 Å². The Hall–Kier alpha value is -1.11. The van der Waals surface area contributed by atoms with Crippen LogP contribution < -0.4 is 10.1 Å². The minimum absolute atomic E-state index is 0. The predicted molar refractivity (Wildman–Crippen MR) is 73.6 cm³/mol. The molecule has 7 heteroatoms. The second-order valence-corrected chi connectivity index (χ2v) is 4.64. The van der Waals surface area contributed by atoms with E-state index in [1.54, 1.807) is 7.11 Å². The van der Waals surface area contributed by atoms with Crippen molar-refractivity contribution in [3.8, 4) is 16.5 Å². The van der Waals surface area contributed by atoms with Crippen LogP contribution in [-0.2, 0) is 6.42 Å². The lowest BCUT2D eigenvalue weighted by molar-refractivity contribution is 0.403. The van der Waals surface area contributed by atoms with Crippen LogP contribution in [0, 0.1) is 0 Å². The Labute approximate surface area is 116 Å². The molecule has 0 amide bonds. The molecular formula is C11H16ClN3O2S. The molecule has 0 fully saturated rings. The van der Waals surface area contributed by atoms with E-state index < -0.39 is 0 Å². The zero-order valence-corrected chi connectivity index (χ0v) is 12.1. The minimum Gasteiger partial charge on any atom is -0.495 e. The van der Waals surface area contributed by atoms with E-state index in [0.29, 0.717) is 17.8 Å². The van der Waals surface area contributed by atoms with Crippen LogP contribution in [0.3, 0.4) is 0 Å². The molecule has 0 radical (unpaired) electrons. The lowest BCUT2D eigenvalue weighted by atomic mass is 10.2. The molecule has 100 valence electrons. The number of ether oxygens (including phenoxy) is 1. The molecule has 0 bridgehead atoms. The predicted octanol–water partition coefficient (Wildman–Crippen LogP) is 2.38. The van der Waals surface area contributed by atoms with Crippen molar-refractivity contribution in [1.29, 1.82) is 0 Å². The van der Waals surface area contributed by atoms with Crippen LogP contribution in [0.15, 0.2) is 16.0 Å². The molecule has 2 rings (SSSR count). The molecule has 0 aliphatic rings. The van der Waals surface area contributed by atoms with E-state index in [1.807, 2.05) is 18.5 Å². The maximum Gasteiger partial charge on any atom is 0.271 e. The van der Waals surface area contributed by atoms with Crippen molar-refractivity contribution in [3.05, 3.63) is 17.3 Å². The van der Waals surface area contributed by atoms with Gasteiger partial charge in [0, 0.05) is 12.5 Å². The van der Waals surface area contributed by atoms with Crippen LogP contribution in [0.25, 0.3) is 10.8 Å². The maximum absolute atomic E-state index is 5.24. The number of hydrogen-bond donors (Lipinski definition) is 1. The number of nitrogens with one attached hydrogen (secondary N) is 1. The van der Waals surface area contributed by atoms with Gasteiger partial charge in [0.2, 0.25) is 0 Å². The van der Waals surface area contributed by atoms with Gasteiger partial charge in [-0.3, -0.25) is 0 Å². The molecule has 0 aromatic carbocycles. The number of hydrogen-bond acceptors (Lipinski definition) is 6. The van der Waals surface area contributed by atoms with Crippen LogP contribution >= 0.6 is 23.7 Å². The fourth-order valence-electron chi connectivity index (χ4n) is 1.42. The van der Waals surface area contributed by atoms with Gasteiger partial charge in [0.1, 0.15) is 10.6 Å². The summed E-state index contributed by atoms with van der Waals surface area (Å²) >= 11 is 1.53. The Morgan fingerprint density at radius 1 is 1.56 bits per heavy atom. The molecule has 0 saturated heterocycles. The fourth-order valence-corrected chi connectivity index (χ4v) is 2.20. The standard InChI is InChI=1S/C11H15N3O2S.ClH/c1-7(12-2)6-9-13-11(16-14-9)10-8(15-3)4-5-17-10;/h4-5,7,12H,6H2,1-3H3;1H. The molecule has 2 heterocycles. The highest BCUT2D eigenvalue weighted by Crippen LogP contribution is 2.34. The largest absolute Gasteiger partial charge is 0.495 e. The quantitative estimate of drug-likeness (QED) is 0.916. The molecule has 18 heavy (non-hydrogen) atoms. The van der Waals surface area contributed by atoms with E-state index in [2.05, 4.69) is 22.4 Å². The molecule has 5 nitrogen and oxygen atoms in total. The number of halogens is 1. The van der Waals surface area contributed by atoms with Crippen molar-refractivity contribution in [2.24, 2.45) is 0 Å². The molecule has 1 atom stereocenters. The summed E-state index contributed by atoms with van der Waals surface area (Å²) in [6, 6.07) is 2.21. The summed E-state index contributed by atoms with van der Waals surface area (Å²) in [6.45, 7) is 2.07. The lowest BCUT2D eigenvalue weighted by Gasteiger charge is -2.04. The van der Waals surface area contributed by atoms with Crippen LogP contribution in [0.5, 0.6) is 5.75 Å². The summed E-state index contributed by atoms with van der Waals surface area (Å²) in [5.74, 6) is 2.00. The van der Waals surface area contributed by atoms with Gasteiger partial charge in [-0.1, -0.05) is 5.16 Å². The highest BCUT2D eigenvalue weighted by atomic mass is 35.5. The third kappa shape index (κ3) is 3.22. The normalized spacial score (nSPS) is 11.9. The van der Waals surface area contributed by atoms with Gasteiger partial charge in [-0.25, -0.2) is 0 Å². The summed E-state index contributed by atoms with van der Waals surface area (Å²) in [6.07, 6.45) is 0.744. The fraction of sp³-hybridized carbons (Fsp3) is 0.455. The Morgan fingerprint density at radius 2 is 2.33 bits per heavy atom. The van der Waals surface area contributed by atoms with Gasteiger partial charge in [0.25, 0.3) is 5.89 Å². The van der Waals surface area contributed by atoms with Gasteiger partial charge < -0.3 is 14.6 Å². The van der Waals surface area contributed by atoms with Gasteiger partial charge in [-0.15, -0.1) is 23.7 Å². The van der Waals surface area contributed by atoms with Crippen molar-refractivity contribution in [3.63, 3.8) is 0 Å². The summed E-state index contributed by atoms with van der Waals surface area (Å²) < 4.78 is 10.5. The Kier molecular flexibility index (Phi) is 5.58. The highest BCUT2D eigenvalue weighted by Gasteiger charge is 2.15. The summed E-state index contributed by atoms with van der Waals surface area (Å²) in [7, 11) is 3.54. The second kappa shape index (κ2) is 6.72. The summed E-state index contributed by atoms with van der Waals surface area (Å²) in [5, 5.41) is 9.04. The first kappa shape index (κ1) is 14.9. The second-order valence-electron chi connectivity index (χ2n) is 3.73. The van der Waals surface area contributed by atoms with Crippen LogP contribution in [-0.4, -0.2) is 30.3 Å². The van der Waals surface area contributed by atoms with Gasteiger partial charge >= 0.3 is 0 Å². The van der Waals surface area contributed by atoms with Crippen LogP contribution in [0.1, 0.15) is 12.7 Å². The Balaban J connectivity index is 0.00000162. The average molecular weight is 290 g/mol. The highest BCUT2D eigenvalue weighted by molar-refractivity contribution is 7.13. The lowest BCUT2D eigenvalue weighted by Crippen LogP contribution is -2.24. The van der Waals surface area contributed by atoms with E-state index in [9.17, 15) is 0 Å². The number of nitrogens with zero attached hydrogens (tertiary/aromatic N) is 2. The zero-order chi connectivity index (χ0) is 12.3. The topological polar surface area (TPSA) is 60.2 Å². The molecule has 0 aliphatic carbocycles. The molecule has 0 spiro atoms. The minimum atomic E-state index is 0. The van der Waals surface area contributed by atoms with Crippen LogP contribution in [0.4, 0.5) is 0 Å². The molecule has 0 saturated carbocycles. The maximum atomic E-state index is 5.24. The molecule has 2 aromatic heterocycles. The summed E-state index contributed by atoms with van der Waals surface area (Å²) in [4.78, 5) is 5.24. The van der Waals surface area contributed by atoms with E-state index in [4.69, 9.17) is 9.26 Å². The van der Waals surface area contributed by atoms with Crippen molar-refractivity contribution in [1.82, 2.24) is 15.5 Å². The zero-order valence-electron chi connectivity index (χ0n) is 10.5. The third-order valence-electron chi connectivity index (χ3n) is 2.49. The third-order valence-corrected chi connectivity index (χ3v) is 3.38. The van der Waals surface area contributed by atoms with E-state index in [1.165, 1.54) is 11.3 Å². The SMILES string of the molecule is CNC(C)Cc1noc(-c2sccc2OC)n1.Cl. The smallest absolute Gasteiger partial charge is 0.271 e. The van der Waals surface area contributed by atoms with E-state index >= 15 is 0 Å². The van der Waals surface area contributed by atoms with Crippen molar-refractivity contribution >= 4 is 23.7 Å². The van der Waals surface area contributed by atoms with Crippen molar-refractivity contribution in [2.45, 2.75) is 19.4 Å². The Bertz CT molecular complexity index is 486. The molecule has 2 aromatic rings. The number of thiophene rings is 1. The van der Waals surface area contributed by atoms with Gasteiger partial charge in [-0.05, 0) is 25.4 Å². The molecular weight excluding hydrogens is 274 g/mol. The van der Waals surface area contributed by atoms with Crippen molar-refractivity contribution < 1.29 is 9.26 Å².